The lowest BCUT2D eigenvalue weighted by Gasteiger charge is -2.32. The maximum absolute atomic E-state index is 8.96. The van der Waals surface area contributed by atoms with E-state index >= 15 is 0 Å². The van der Waals surface area contributed by atoms with E-state index in [1.807, 2.05) is 13.8 Å². The van der Waals surface area contributed by atoms with Crippen molar-refractivity contribution in [2.45, 2.75) is 32.7 Å². The van der Waals surface area contributed by atoms with Gasteiger partial charge in [0.1, 0.15) is 0 Å². The number of rotatable bonds is 3. The van der Waals surface area contributed by atoms with Gasteiger partial charge in [0.05, 0.1) is 11.5 Å². The normalized spacial score (nSPS) is 35.1. The van der Waals surface area contributed by atoms with Crippen molar-refractivity contribution in [3.63, 3.8) is 0 Å². The summed E-state index contributed by atoms with van der Waals surface area (Å²) in [5.74, 6) is 0.827. The highest BCUT2D eigenvalue weighted by Gasteiger charge is 2.34. The van der Waals surface area contributed by atoms with Gasteiger partial charge in [-0.2, -0.15) is 5.26 Å². The average Bonchev–Trinajstić information content (AvgIpc) is 2.60. The summed E-state index contributed by atoms with van der Waals surface area (Å²) in [6, 6.07) is 3.00. The van der Waals surface area contributed by atoms with Gasteiger partial charge in [0.15, 0.2) is 0 Å². The molecule has 15 heavy (non-hydrogen) atoms. The molecule has 2 aliphatic rings. The van der Waals surface area contributed by atoms with Crippen LogP contribution in [0, 0.1) is 22.7 Å². The molecule has 0 aromatic carbocycles. The summed E-state index contributed by atoms with van der Waals surface area (Å²) in [6.07, 6.45) is 2.59. The van der Waals surface area contributed by atoms with Crippen LogP contribution in [0.1, 0.15) is 26.7 Å². The van der Waals surface area contributed by atoms with Crippen LogP contribution in [-0.4, -0.2) is 37.1 Å². The molecule has 2 rings (SSSR count). The molecule has 0 aromatic heterocycles. The van der Waals surface area contributed by atoms with E-state index in [1.165, 1.54) is 32.5 Å². The number of piperidine rings is 1. The van der Waals surface area contributed by atoms with Gasteiger partial charge in [-0.05, 0) is 45.7 Å². The van der Waals surface area contributed by atoms with Crippen molar-refractivity contribution in [2.75, 3.05) is 26.2 Å². The van der Waals surface area contributed by atoms with Gasteiger partial charge in [-0.3, -0.25) is 0 Å². The van der Waals surface area contributed by atoms with Crippen molar-refractivity contribution < 1.29 is 0 Å². The van der Waals surface area contributed by atoms with Gasteiger partial charge in [0.2, 0.25) is 0 Å². The minimum absolute atomic E-state index is 0.226. The third kappa shape index (κ3) is 2.50. The van der Waals surface area contributed by atoms with Crippen LogP contribution >= 0.6 is 0 Å². The molecule has 0 radical (unpaired) electrons. The fourth-order valence-electron chi connectivity index (χ4n) is 2.65. The summed E-state index contributed by atoms with van der Waals surface area (Å²) < 4.78 is 0. The Hall–Kier alpha value is -0.590. The molecule has 2 fully saturated rings. The fraction of sp³-hybridized carbons (Fsp3) is 0.917. The fourth-order valence-corrected chi connectivity index (χ4v) is 2.65. The van der Waals surface area contributed by atoms with E-state index in [0.29, 0.717) is 6.04 Å². The van der Waals surface area contributed by atoms with Gasteiger partial charge in [0, 0.05) is 19.1 Å². The van der Waals surface area contributed by atoms with Crippen molar-refractivity contribution in [1.29, 1.82) is 5.26 Å². The first kappa shape index (κ1) is 10.9. The van der Waals surface area contributed by atoms with E-state index in [0.717, 1.165) is 12.5 Å². The number of hydrogen-bond acceptors (Lipinski definition) is 3. The zero-order valence-corrected chi connectivity index (χ0v) is 9.79. The lowest BCUT2D eigenvalue weighted by Crippen LogP contribution is -2.46. The molecular weight excluding hydrogens is 186 g/mol. The average molecular weight is 207 g/mol. The maximum Gasteiger partial charge on any atom is 0.0697 e. The Morgan fingerprint density at radius 1 is 1.40 bits per heavy atom. The Morgan fingerprint density at radius 2 is 2.13 bits per heavy atom. The van der Waals surface area contributed by atoms with E-state index in [9.17, 15) is 0 Å². The number of hydrogen-bond donors (Lipinski definition) is 1. The summed E-state index contributed by atoms with van der Waals surface area (Å²) in [6.45, 7) is 8.62. The molecule has 3 nitrogen and oxygen atoms in total. The molecule has 0 saturated carbocycles. The van der Waals surface area contributed by atoms with E-state index in [1.54, 1.807) is 0 Å². The van der Waals surface area contributed by atoms with Gasteiger partial charge < -0.3 is 10.2 Å². The Morgan fingerprint density at radius 3 is 2.87 bits per heavy atom. The number of fused-ring (bicyclic) bond motifs is 2. The van der Waals surface area contributed by atoms with Gasteiger partial charge in [-0.15, -0.1) is 0 Å². The molecule has 3 heteroatoms. The quantitative estimate of drug-likeness (QED) is 0.756. The lowest BCUT2D eigenvalue weighted by molar-refractivity contribution is 0.212. The van der Waals surface area contributed by atoms with Crippen molar-refractivity contribution >= 4 is 0 Å². The first-order valence-electron chi connectivity index (χ1n) is 5.98. The molecular formula is C12H21N3. The summed E-state index contributed by atoms with van der Waals surface area (Å²) in [5.41, 5.74) is -0.226. The summed E-state index contributed by atoms with van der Waals surface area (Å²) in [4.78, 5) is 2.55. The largest absolute Gasteiger partial charge is 0.312 e. The van der Waals surface area contributed by atoms with Crippen LogP contribution in [0.3, 0.4) is 0 Å². The zero-order chi connectivity index (χ0) is 10.9. The van der Waals surface area contributed by atoms with Crippen LogP contribution in [0.5, 0.6) is 0 Å². The minimum atomic E-state index is -0.226. The number of nitrogens with one attached hydrogen (secondary N) is 1. The van der Waals surface area contributed by atoms with Gasteiger partial charge in [-0.1, -0.05) is 0 Å². The third-order valence-corrected chi connectivity index (χ3v) is 3.74. The summed E-state index contributed by atoms with van der Waals surface area (Å²) in [7, 11) is 0. The van der Waals surface area contributed by atoms with Crippen LogP contribution in [-0.2, 0) is 0 Å². The van der Waals surface area contributed by atoms with Crippen molar-refractivity contribution in [1.82, 2.24) is 10.2 Å². The summed E-state index contributed by atoms with van der Waals surface area (Å²) in [5, 5.41) is 12.5. The van der Waals surface area contributed by atoms with Crippen LogP contribution in [0.2, 0.25) is 0 Å². The highest BCUT2D eigenvalue weighted by atomic mass is 15.2. The van der Waals surface area contributed by atoms with E-state index in [-0.39, 0.29) is 5.41 Å². The molecule has 0 aromatic rings. The monoisotopic (exact) mass is 207 g/mol. The van der Waals surface area contributed by atoms with Crippen molar-refractivity contribution in [3.8, 4) is 6.07 Å². The molecule has 2 saturated heterocycles. The third-order valence-electron chi connectivity index (χ3n) is 3.74. The second-order valence-electron chi connectivity index (χ2n) is 5.62. The van der Waals surface area contributed by atoms with Crippen LogP contribution in [0.15, 0.2) is 0 Å². The number of nitriles is 1. The highest BCUT2D eigenvalue weighted by Crippen LogP contribution is 2.27. The molecule has 2 aliphatic heterocycles. The second kappa shape index (κ2) is 4.11. The Balaban J connectivity index is 1.83. The van der Waals surface area contributed by atoms with E-state index < -0.39 is 0 Å². The molecule has 1 N–H and O–H groups in total. The molecule has 3 atom stereocenters. The predicted octanol–water partition coefficient (Wildman–Crippen LogP) is 1.22. The SMILES string of the molecule is CC(C)(C#N)CNC1CCN2CCC1C2. The minimum Gasteiger partial charge on any atom is -0.312 e. The standard InChI is InChI=1S/C12H21N3/c1-12(2,8-13)9-14-11-4-6-15-5-3-10(11)7-15/h10-11,14H,3-7,9H2,1-2H3. The highest BCUT2D eigenvalue weighted by molar-refractivity contribution is 4.96. The first-order valence-corrected chi connectivity index (χ1v) is 5.98. The van der Waals surface area contributed by atoms with Crippen LogP contribution < -0.4 is 5.32 Å². The van der Waals surface area contributed by atoms with Crippen molar-refractivity contribution in [3.05, 3.63) is 0 Å². The van der Waals surface area contributed by atoms with Gasteiger partial charge in [0.25, 0.3) is 0 Å². The van der Waals surface area contributed by atoms with Gasteiger partial charge in [-0.25, -0.2) is 0 Å². The lowest BCUT2D eigenvalue weighted by atomic mass is 9.91. The number of nitrogens with zero attached hydrogens (tertiary/aromatic N) is 2. The van der Waals surface area contributed by atoms with E-state index in [4.69, 9.17) is 5.26 Å². The van der Waals surface area contributed by atoms with Crippen LogP contribution in [0.4, 0.5) is 0 Å². The van der Waals surface area contributed by atoms with E-state index in [2.05, 4.69) is 16.3 Å². The Labute approximate surface area is 92.4 Å². The Kier molecular flexibility index (Phi) is 2.99. The predicted molar refractivity (Wildman–Crippen MR) is 60.3 cm³/mol. The Bertz CT molecular complexity index is 267. The molecule has 2 bridgehead atoms. The topological polar surface area (TPSA) is 39.1 Å². The molecule has 0 aliphatic carbocycles. The second-order valence-corrected chi connectivity index (χ2v) is 5.62. The first-order chi connectivity index (χ1) is 7.11. The molecule has 0 spiro atoms. The molecule has 3 unspecified atom stereocenters. The van der Waals surface area contributed by atoms with Gasteiger partial charge >= 0.3 is 0 Å². The molecule has 0 amide bonds. The molecule has 84 valence electrons. The van der Waals surface area contributed by atoms with Crippen molar-refractivity contribution in [2.24, 2.45) is 11.3 Å². The maximum atomic E-state index is 8.96. The zero-order valence-electron chi connectivity index (χ0n) is 9.79. The smallest absolute Gasteiger partial charge is 0.0697 e. The summed E-state index contributed by atoms with van der Waals surface area (Å²) >= 11 is 0. The molecule has 2 heterocycles. The van der Waals surface area contributed by atoms with Crippen LogP contribution in [0.25, 0.3) is 0 Å².